The molecular formula is C25H28O6. The van der Waals surface area contributed by atoms with E-state index in [0.717, 1.165) is 41.5 Å². The first-order chi connectivity index (χ1) is 15.0. The number of hydrogen-bond donors (Lipinski definition) is 0. The zero-order valence-electron chi connectivity index (χ0n) is 18.3. The minimum atomic E-state index is -0.577. The van der Waals surface area contributed by atoms with Gasteiger partial charge in [0, 0.05) is 24.0 Å². The average molecular weight is 424 g/mol. The molecule has 1 fully saturated rings. The molecule has 0 amide bonds. The van der Waals surface area contributed by atoms with Crippen molar-refractivity contribution in [3.05, 3.63) is 41.5 Å². The van der Waals surface area contributed by atoms with E-state index in [1.54, 1.807) is 14.2 Å². The maximum atomic E-state index is 12.3. The zero-order chi connectivity index (χ0) is 22.0. The summed E-state index contributed by atoms with van der Waals surface area (Å²) in [5.74, 6) is 1.54. The molecule has 0 bridgehead atoms. The quantitative estimate of drug-likeness (QED) is 0.541. The first-order valence-corrected chi connectivity index (χ1v) is 10.8. The van der Waals surface area contributed by atoms with Crippen molar-refractivity contribution in [3.8, 4) is 28.4 Å². The van der Waals surface area contributed by atoms with Gasteiger partial charge in [0.05, 0.1) is 14.2 Å². The molecule has 0 N–H and O–H groups in total. The Bertz CT molecular complexity index is 1010. The van der Waals surface area contributed by atoms with Gasteiger partial charge in [-0.3, -0.25) is 9.59 Å². The number of Topliss-reactive ketones (excluding diaryl/α,β-unsaturated/α-hetero) is 1. The number of ketones is 1. The number of benzene rings is 2. The van der Waals surface area contributed by atoms with E-state index in [0.29, 0.717) is 36.5 Å². The molecule has 31 heavy (non-hydrogen) atoms. The van der Waals surface area contributed by atoms with Crippen molar-refractivity contribution in [2.24, 2.45) is 0 Å². The van der Waals surface area contributed by atoms with E-state index in [4.69, 9.17) is 18.9 Å². The van der Waals surface area contributed by atoms with Crippen LogP contribution < -0.4 is 14.2 Å². The molecule has 0 spiro atoms. The second-order valence-corrected chi connectivity index (χ2v) is 8.13. The van der Waals surface area contributed by atoms with Gasteiger partial charge in [-0.05, 0) is 48.9 Å². The van der Waals surface area contributed by atoms with Gasteiger partial charge in [-0.2, -0.15) is 0 Å². The number of fused-ring (bicyclic) bond motifs is 1. The van der Waals surface area contributed by atoms with E-state index < -0.39 is 5.60 Å². The van der Waals surface area contributed by atoms with Crippen molar-refractivity contribution in [2.75, 3.05) is 20.8 Å². The van der Waals surface area contributed by atoms with Gasteiger partial charge in [0.15, 0.2) is 17.3 Å². The minimum Gasteiger partial charge on any atom is -0.493 e. The van der Waals surface area contributed by atoms with Crippen LogP contribution in [0.5, 0.6) is 17.2 Å². The molecule has 0 aliphatic heterocycles. The van der Waals surface area contributed by atoms with Crippen LogP contribution in [0.3, 0.4) is 0 Å². The predicted octanol–water partition coefficient (Wildman–Crippen LogP) is 4.75. The van der Waals surface area contributed by atoms with Crippen molar-refractivity contribution in [1.82, 2.24) is 0 Å². The number of carbonyl (C=O) groups is 2. The Morgan fingerprint density at radius 2 is 1.74 bits per heavy atom. The fourth-order valence-corrected chi connectivity index (χ4v) is 4.11. The fraction of sp³-hybridized carbons (Fsp3) is 0.440. The van der Waals surface area contributed by atoms with Crippen molar-refractivity contribution >= 4 is 11.8 Å². The summed E-state index contributed by atoms with van der Waals surface area (Å²) in [6.45, 7) is 2.20. The molecule has 6 nitrogen and oxygen atoms in total. The molecule has 0 heterocycles. The van der Waals surface area contributed by atoms with E-state index in [9.17, 15) is 9.59 Å². The maximum absolute atomic E-state index is 12.3. The Hall–Kier alpha value is -3.02. The number of ether oxygens (including phenoxy) is 4. The summed E-state index contributed by atoms with van der Waals surface area (Å²) in [4.78, 5) is 24.3. The van der Waals surface area contributed by atoms with Crippen molar-refractivity contribution in [2.45, 2.75) is 51.0 Å². The molecule has 2 aromatic carbocycles. The third-order valence-electron chi connectivity index (χ3n) is 5.94. The number of esters is 1. The van der Waals surface area contributed by atoms with Crippen LogP contribution in [0.25, 0.3) is 11.1 Å². The summed E-state index contributed by atoms with van der Waals surface area (Å²) < 4.78 is 23.1. The first-order valence-electron chi connectivity index (χ1n) is 10.8. The third-order valence-corrected chi connectivity index (χ3v) is 5.94. The maximum Gasteiger partial charge on any atom is 0.306 e. The summed E-state index contributed by atoms with van der Waals surface area (Å²) in [7, 11) is 3.15. The largest absolute Gasteiger partial charge is 0.493 e. The lowest BCUT2D eigenvalue weighted by atomic mass is 9.95. The van der Waals surface area contributed by atoms with Crippen molar-refractivity contribution < 1.29 is 28.5 Å². The van der Waals surface area contributed by atoms with Crippen LogP contribution in [0.1, 0.15) is 54.9 Å². The lowest BCUT2D eigenvalue weighted by Crippen LogP contribution is -2.27. The second kappa shape index (κ2) is 8.61. The Morgan fingerprint density at radius 3 is 2.42 bits per heavy atom. The third kappa shape index (κ3) is 4.11. The molecule has 2 aliphatic rings. The van der Waals surface area contributed by atoms with Crippen LogP contribution in [0.2, 0.25) is 0 Å². The van der Waals surface area contributed by atoms with Crippen LogP contribution >= 0.6 is 0 Å². The molecule has 2 aliphatic carbocycles. The molecular weight excluding hydrogens is 396 g/mol. The minimum absolute atomic E-state index is 0.166. The lowest BCUT2D eigenvalue weighted by Gasteiger charge is -2.22. The van der Waals surface area contributed by atoms with Crippen molar-refractivity contribution in [1.29, 1.82) is 0 Å². The molecule has 1 saturated carbocycles. The monoisotopic (exact) mass is 424 g/mol. The summed E-state index contributed by atoms with van der Waals surface area (Å²) in [6, 6.07) is 9.54. The molecule has 164 valence electrons. The average Bonchev–Trinajstić information content (AvgIpc) is 3.43. The van der Waals surface area contributed by atoms with Gasteiger partial charge in [-0.1, -0.05) is 25.1 Å². The van der Waals surface area contributed by atoms with Gasteiger partial charge in [0.1, 0.15) is 12.2 Å². The number of carbonyl (C=O) groups excluding carboxylic acids is 2. The van der Waals surface area contributed by atoms with E-state index >= 15 is 0 Å². The van der Waals surface area contributed by atoms with Crippen LogP contribution in [0.15, 0.2) is 30.3 Å². The molecule has 0 saturated heterocycles. The highest BCUT2D eigenvalue weighted by atomic mass is 16.6. The second-order valence-electron chi connectivity index (χ2n) is 8.13. The van der Waals surface area contributed by atoms with Crippen LogP contribution in [-0.2, 0) is 16.0 Å². The molecule has 0 aromatic heterocycles. The number of methoxy groups -OCH3 is 2. The van der Waals surface area contributed by atoms with E-state index in [-0.39, 0.29) is 18.4 Å². The van der Waals surface area contributed by atoms with Gasteiger partial charge < -0.3 is 18.9 Å². The Morgan fingerprint density at radius 1 is 0.968 bits per heavy atom. The van der Waals surface area contributed by atoms with Gasteiger partial charge >= 0.3 is 5.97 Å². The standard InChI is InChI=1S/C25H28O6/c1-4-6-22(27)31-25(13-14-25)15-30-23-19(10-12-21(28-2)24(23)29-3)16-7-5-8-18-17(16)9-11-20(18)26/h5,7-8,10,12H,4,6,9,11,13-15H2,1-3H3. The first kappa shape index (κ1) is 21.2. The van der Waals surface area contributed by atoms with E-state index in [1.165, 1.54) is 0 Å². The summed E-state index contributed by atoms with van der Waals surface area (Å²) in [5, 5.41) is 0. The van der Waals surface area contributed by atoms with Crippen LogP contribution in [0, 0.1) is 0 Å². The topological polar surface area (TPSA) is 71.1 Å². The lowest BCUT2D eigenvalue weighted by molar-refractivity contribution is -0.153. The van der Waals surface area contributed by atoms with Gasteiger partial charge in [0.2, 0.25) is 5.75 Å². The Balaban J connectivity index is 1.70. The molecule has 4 rings (SSSR count). The van der Waals surface area contributed by atoms with E-state index in [1.807, 2.05) is 37.3 Å². The number of rotatable bonds is 9. The molecule has 0 atom stereocenters. The van der Waals surface area contributed by atoms with Crippen molar-refractivity contribution in [3.63, 3.8) is 0 Å². The fourth-order valence-electron chi connectivity index (χ4n) is 4.11. The summed E-state index contributed by atoms with van der Waals surface area (Å²) in [5.41, 5.74) is 3.00. The highest BCUT2D eigenvalue weighted by molar-refractivity contribution is 6.02. The Labute approximate surface area is 182 Å². The normalized spacial score (nSPS) is 15.9. The summed E-state index contributed by atoms with van der Waals surface area (Å²) >= 11 is 0. The SMILES string of the molecule is CCCC(=O)OC1(COc2c(-c3cccc4c3CCC4=O)ccc(OC)c2OC)CC1. The molecule has 6 heteroatoms. The predicted molar refractivity (Wildman–Crippen MR) is 116 cm³/mol. The zero-order valence-corrected chi connectivity index (χ0v) is 18.3. The Kier molecular flexibility index (Phi) is 5.90. The highest BCUT2D eigenvalue weighted by Crippen LogP contribution is 2.48. The van der Waals surface area contributed by atoms with Gasteiger partial charge in [-0.25, -0.2) is 0 Å². The molecule has 0 unspecified atom stereocenters. The van der Waals surface area contributed by atoms with Crippen LogP contribution in [-0.4, -0.2) is 38.2 Å². The smallest absolute Gasteiger partial charge is 0.306 e. The van der Waals surface area contributed by atoms with Gasteiger partial charge in [0.25, 0.3) is 0 Å². The van der Waals surface area contributed by atoms with E-state index in [2.05, 4.69) is 0 Å². The molecule has 0 radical (unpaired) electrons. The highest BCUT2D eigenvalue weighted by Gasteiger charge is 2.48. The van der Waals surface area contributed by atoms with Gasteiger partial charge in [-0.15, -0.1) is 0 Å². The molecule has 2 aromatic rings. The summed E-state index contributed by atoms with van der Waals surface area (Å²) in [6.07, 6.45) is 3.93. The number of hydrogen-bond acceptors (Lipinski definition) is 6. The van der Waals surface area contributed by atoms with Crippen LogP contribution in [0.4, 0.5) is 0 Å².